The van der Waals surface area contributed by atoms with Crippen LogP contribution in [-0.4, -0.2) is 36.5 Å². The summed E-state index contributed by atoms with van der Waals surface area (Å²) in [6.45, 7) is 6.66. The van der Waals surface area contributed by atoms with Gasteiger partial charge < -0.3 is 14.6 Å². The molecular formula is C9H12O4. The van der Waals surface area contributed by atoms with Crippen molar-refractivity contribution in [1.29, 1.82) is 0 Å². The summed E-state index contributed by atoms with van der Waals surface area (Å²) in [6, 6.07) is 0. The molecule has 4 heteroatoms. The van der Waals surface area contributed by atoms with Gasteiger partial charge in [0, 0.05) is 5.57 Å². The third kappa shape index (κ3) is 1.26. The second-order valence-electron chi connectivity index (χ2n) is 3.71. The van der Waals surface area contributed by atoms with Crippen LogP contribution in [0, 0.1) is 5.41 Å². The zero-order valence-corrected chi connectivity index (χ0v) is 7.45. The van der Waals surface area contributed by atoms with Crippen molar-refractivity contribution < 1.29 is 19.4 Å². The zero-order chi connectivity index (χ0) is 9.64. The molecule has 13 heavy (non-hydrogen) atoms. The van der Waals surface area contributed by atoms with E-state index in [4.69, 9.17) is 14.6 Å². The number of carboxylic acids is 1. The van der Waals surface area contributed by atoms with E-state index in [0.717, 1.165) is 0 Å². The minimum atomic E-state index is -0.964. The Hall–Kier alpha value is -0.870. The Balaban J connectivity index is 2.21. The average Bonchev–Trinajstić information content (AvgIpc) is 2.87. The van der Waals surface area contributed by atoms with Crippen molar-refractivity contribution in [2.45, 2.75) is 19.1 Å². The monoisotopic (exact) mass is 184 g/mol. The molecule has 2 atom stereocenters. The van der Waals surface area contributed by atoms with Gasteiger partial charge in [-0.15, -0.1) is 0 Å². The standard InChI is InChI=1S/C9H12O4/c1-5(8(10)11)9(2,6-3-12-6)7-4-13-7/h6-7H,1,3-4H2,2H3,(H,10,11). The number of ether oxygens (including phenoxy) is 2. The Kier molecular flexibility index (Phi) is 1.72. The largest absolute Gasteiger partial charge is 0.478 e. The number of aliphatic carboxylic acids is 1. The van der Waals surface area contributed by atoms with E-state index in [1.54, 1.807) is 0 Å². The number of carbonyl (C=O) groups is 1. The molecule has 2 saturated heterocycles. The van der Waals surface area contributed by atoms with E-state index in [1.165, 1.54) is 0 Å². The molecule has 2 aliphatic rings. The van der Waals surface area contributed by atoms with Gasteiger partial charge in [0.1, 0.15) is 0 Å². The lowest BCUT2D eigenvalue weighted by atomic mass is 9.77. The van der Waals surface area contributed by atoms with Crippen LogP contribution in [0.4, 0.5) is 0 Å². The topological polar surface area (TPSA) is 62.4 Å². The van der Waals surface area contributed by atoms with Crippen LogP contribution in [-0.2, 0) is 14.3 Å². The fraction of sp³-hybridized carbons (Fsp3) is 0.667. The maximum absolute atomic E-state index is 10.8. The van der Waals surface area contributed by atoms with Crippen LogP contribution >= 0.6 is 0 Å². The fourth-order valence-electron chi connectivity index (χ4n) is 1.62. The van der Waals surface area contributed by atoms with Crippen LogP contribution in [0.15, 0.2) is 12.2 Å². The van der Waals surface area contributed by atoms with Gasteiger partial charge in [-0.1, -0.05) is 13.5 Å². The Labute approximate surface area is 76.1 Å². The predicted molar refractivity (Wildman–Crippen MR) is 44.4 cm³/mol. The minimum absolute atomic E-state index is 0.0244. The first-order chi connectivity index (χ1) is 6.06. The minimum Gasteiger partial charge on any atom is -0.478 e. The fourth-order valence-corrected chi connectivity index (χ4v) is 1.62. The number of carboxylic acid groups (broad SMARTS) is 1. The normalized spacial score (nSPS) is 34.8. The Morgan fingerprint density at radius 1 is 1.46 bits per heavy atom. The van der Waals surface area contributed by atoms with Gasteiger partial charge in [-0.2, -0.15) is 0 Å². The van der Waals surface area contributed by atoms with Crippen molar-refractivity contribution in [3.8, 4) is 0 Å². The van der Waals surface area contributed by atoms with E-state index in [9.17, 15) is 4.79 Å². The van der Waals surface area contributed by atoms with Crippen LogP contribution in [0.1, 0.15) is 6.92 Å². The molecule has 2 rings (SSSR count). The summed E-state index contributed by atoms with van der Waals surface area (Å²) in [6.07, 6.45) is -0.0489. The molecule has 0 bridgehead atoms. The average molecular weight is 184 g/mol. The van der Waals surface area contributed by atoms with E-state index in [2.05, 4.69) is 6.58 Å². The van der Waals surface area contributed by atoms with Crippen LogP contribution in [0.2, 0.25) is 0 Å². The van der Waals surface area contributed by atoms with Crippen molar-refractivity contribution in [2.24, 2.45) is 5.41 Å². The maximum atomic E-state index is 10.8. The molecule has 2 aliphatic heterocycles. The Bertz CT molecular complexity index is 251. The van der Waals surface area contributed by atoms with Crippen LogP contribution < -0.4 is 0 Å². The van der Waals surface area contributed by atoms with E-state index in [0.29, 0.717) is 13.2 Å². The molecule has 2 heterocycles. The quantitative estimate of drug-likeness (QED) is 0.508. The molecular weight excluding hydrogens is 172 g/mol. The number of epoxide rings is 2. The molecule has 2 unspecified atom stereocenters. The summed E-state index contributed by atoms with van der Waals surface area (Å²) in [7, 11) is 0. The summed E-state index contributed by atoms with van der Waals surface area (Å²) >= 11 is 0. The smallest absolute Gasteiger partial charge is 0.331 e. The molecule has 0 aliphatic carbocycles. The van der Waals surface area contributed by atoms with Crippen molar-refractivity contribution in [1.82, 2.24) is 0 Å². The molecule has 0 aromatic rings. The molecule has 4 nitrogen and oxygen atoms in total. The zero-order valence-electron chi connectivity index (χ0n) is 7.45. The highest BCUT2D eigenvalue weighted by Crippen LogP contribution is 2.47. The van der Waals surface area contributed by atoms with Gasteiger partial charge in [-0.05, 0) is 0 Å². The summed E-state index contributed by atoms with van der Waals surface area (Å²) in [4.78, 5) is 10.8. The molecule has 0 aromatic carbocycles. The van der Waals surface area contributed by atoms with Gasteiger partial charge in [0.05, 0.1) is 30.8 Å². The van der Waals surface area contributed by atoms with E-state index in [-0.39, 0.29) is 17.8 Å². The summed E-state index contributed by atoms with van der Waals surface area (Å²) in [5.41, 5.74) is -0.344. The van der Waals surface area contributed by atoms with Gasteiger partial charge >= 0.3 is 5.97 Å². The van der Waals surface area contributed by atoms with E-state index in [1.807, 2.05) is 6.92 Å². The first-order valence-electron chi connectivity index (χ1n) is 4.22. The summed E-state index contributed by atoms with van der Waals surface area (Å²) in [5, 5.41) is 8.86. The van der Waals surface area contributed by atoms with Crippen LogP contribution in [0.25, 0.3) is 0 Å². The highest BCUT2D eigenvalue weighted by molar-refractivity contribution is 5.88. The SMILES string of the molecule is C=C(C(=O)O)C(C)(C1CO1)C1CO1. The summed E-state index contributed by atoms with van der Waals surface area (Å²) in [5.74, 6) is -0.964. The predicted octanol–water partition coefficient (Wildman–Crippen LogP) is 0.431. The lowest BCUT2D eigenvalue weighted by Gasteiger charge is -2.25. The molecule has 0 aromatic heterocycles. The van der Waals surface area contributed by atoms with Crippen molar-refractivity contribution in [3.63, 3.8) is 0 Å². The highest BCUT2D eigenvalue weighted by atomic mass is 16.6. The second kappa shape index (κ2) is 2.56. The Morgan fingerprint density at radius 3 is 2.08 bits per heavy atom. The van der Waals surface area contributed by atoms with Crippen molar-refractivity contribution in [3.05, 3.63) is 12.2 Å². The molecule has 1 N–H and O–H groups in total. The molecule has 0 amide bonds. The van der Waals surface area contributed by atoms with Gasteiger partial charge in [-0.25, -0.2) is 4.79 Å². The van der Waals surface area contributed by atoms with Gasteiger partial charge in [0.2, 0.25) is 0 Å². The van der Waals surface area contributed by atoms with Gasteiger partial charge in [0.15, 0.2) is 0 Å². The number of hydrogen-bond donors (Lipinski definition) is 1. The highest BCUT2D eigenvalue weighted by Gasteiger charge is 2.57. The van der Waals surface area contributed by atoms with E-state index >= 15 is 0 Å². The molecule has 0 radical (unpaired) electrons. The van der Waals surface area contributed by atoms with Gasteiger partial charge in [-0.3, -0.25) is 0 Å². The third-order valence-electron chi connectivity index (χ3n) is 2.91. The lowest BCUT2D eigenvalue weighted by molar-refractivity contribution is -0.134. The maximum Gasteiger partial charge on any atom is 0.331 e. The first-order valence-corrected chi connectivity index (χ1v) is 4.22. The van der Waals surface area contributed by atoms with Crippen LogP contribution in [0.3, 0.4) is 0 Å². The molecule has 0 spiro atoms. The molecule has 72 valence electrons. The van der Waals surface area contributed by atoms with E-state index < -0.39 is 11.4 Å². The van der Waals surface area contributed by atoms with Crippen LogP contribution in [0.5, 0.6) is 0 Å². The summed E-state index contributed by atoms with van der Waals surface area (Å²) < 4.78 is 10.3. The third-order valence-corrected chi connectivity index (χ3v) is 2.91. The number of hydrogen-bond acceptors (Lipinski definition) is 3. The van der Waals surface area contributed by atoms with Crippen molar-refractivity contribution in [2.75, 3.05) is 13.2 Å². The second-order valence-corrected chi connectivity index (χ2v) is 3.71. The molecule has 2 fully saturated rings. The Morgan fingerprint density at radius 2 is 1.85 bits per heavy atom. The molecule has 0 saturated carbocycles. The van der Waals surface area contributed by atoms with Crippen molar-refractivity contribution >= 4 is 5.97 Å². The number of rotatable bonds is 4. The van der Waals surface area contributed by atoms with Gasteiger partial charge in [0.25, 0.3) is 0 Å². The lowest BCUT2D eigenvalue weighted by Crippen LogP contribution is -2.35. The first kappa shape index (κ1) is 8.72.